The highest BCUT2D eigenvalue weighted by molar-refractivity contribution is 5.99. The fraction of sp³-hybridized carbons (Fsp3) is 0.238. The number of carbonyl (C=O) groups is 2. The lowest BCUT2D eigenvalue weighted by molar-refractivity contribution is 0.0925. The molecule has 0 aliphatic carbocycles. The van der Waals surface area contributed by atoms with Crippen LogP contribution in [0.5, 0.6) is 0 Å². The van der Waals surface area contributed by atoms with Gasteiger partial charge in [0.05, 0.1) is 6.04 Å². The van der Waals surface area contributed by atoms with Gasteiger partial charge in [-0.05, 0) is 36.2 Å². The number of primary amides is 1. The van der Waals surface area contributed by atoms with Crippen LogP contribution in [-0.2, 0) is 7.05 Å². The zero-order valence-electron chi connectivity index (χ0n) is 15.0. The summed E-state index contributed by atoms with van der Waals surface area (Å²) in [6.45, 7) is 2.08. The van der Waals surface area contributed by atoms with Crippen LogP contribution in [0.4, 0.5) is 0 Å². The van der Waals surface area contributed by atoms with Gasteiger partial charge in [-0.15, -0.1) is 0 Å². The van der Waals surface area contributed by atoms with Crippen molar-refractivity contribution in [1.82, 2.24) is 9.88 Å². The molecule has 26 heavy (non-hydrogen) atoms. The fourth-order valence-corrected chi connectivity index (χ4v) is 3.23. The van der Waals surface area contributed by atoms with Gasteiger partial charge in [0.25, 0.3) is 5.91 Å². The number of hydrogen-bond acceptors (Lipinski definition) is 2. The predicted molar refractivity (Wildman–Crippen MR) is 103 cm³/mol. The molecule has 1 aromatic heterocycles. The Morgan fingerprint density at radius 2 is 1.81 bits per heavy atom. The quantitative estimate of drug-likeness (QED) is 0.714. The highest BCUT2D eigenvalue weighted by Crippen LogP contribution is 2.22. The molecule has 0 aliphatic heterocycles. The van der Waals surface area contributed by atoms with Crippen molar-refractivity contribution in [1.29, 1.82) is 0 Å². The number of para-hydroxylation sites is 1. The van der Waals surface area contributed by atoms with Crippen LogP contribution in [0.25, 0.3) is 10.9 Å². The van der Waals surface area contributed by atoms with Gasteiger partial charge in [-0.1, -0.05) is 43.7 Å². The van der Waals surface area contributed by atoms with Crippen molar-refractivity contribution < 1.29 is 9.59 Å². The molecule has 3 rings (SSSR count). The van der Waals surface area contributed by atoms with Crippen molar-refractivity contribution in [3.8, 4) is 0 Å². The van der Waals surface area contributed by atoms with Crippen LogP contribution in [0.15, 0.2) is 54.6 Å². The Morgan fingerprint density at radius 1 is 1.12 bits per heavy atom. The van der Waals surface area contributed by atoms with Gasteiger partial charge in [-0.3, -0.25) is 9.59 Å². The average molecular weight is 349 g/mol. The lowest BCUT2D eigenvalue weighted by Gasteiger charge is -2.19. The summed E-state index contributed by atoms with van der Waals surface area (Å²) in [5.74, 6) is -0.566. The highest BCUT2D eigenvalue weighted by Gasteiger charge is 2.18. The lowest BCUT2D eigenvalue weighted by atomic mass is 10.0. The van der Waals surface area contributed by atoms with E-state index in [1.807, 2.05) is 54.1 Å². The molecular formula is C21H23N3O2. The van der Waals surface area contributed by atoms with E-state index in [9.17, 15) is 9.59 Å². The minimum Gasteiger partial charge on any atom is -0.366 e. The molecule has 2 aromatic carbocycles. The third kappa shape index (κ3) is 3.47. The third-order valence-corrected chi connectivity index (χ3v) is 4.66. The van der Waals surface area contributed by atoms with Crippen LogP contribution in [0, 0.1) is 0 Å². The Hall–Kier alpha value is -3.08. The third-order valence-electron chi connectivity index (χ3n) is 4.66. The Morgan fingerprint density at radius 3 is 2.42 bits per heavy atom. The number of aromatic nitrogens is 1. The topological polar surface area (TPSA) is 77.1 Å². The molecule has 1 atom stereocenters. The minimum absolute atomic E-state index is 0.110. The molecule has 3 N–H and O–H groups in total. The number of nitrogens with zero attached hydrogens (tertiary/aromatic N) is 1. The summed E-state index contributed by atoms with van der Waals surface area (Å²) in [5.41, 5.74) is 8.37. The molecule has 0 saturated heterocycles. The molecule has 0 fully saturated rings. The van der Waals surface area contributed by atoms with Crippen LogP contribution in [0.2, 0.25) is 0 Å². The highest BCUT2D eigenvalue weighted by atomic mass is 16.2. The molecule has 3 aromatic rings. The summed E-state index contributed by atoms with van der Waals surface area (Å²) in [6.07, 6.45) is 1.74. The maximum absolute atomic E-state index is 12.9. The summed E-state index contributed by atoms with van der Waals surface area (Å²) < 4.78 is 1.91. The summed E-state index contributed by atoms with van der Waals surface area (Å²) >= 11 is 0. The molecule has 0 bridgehead atoms. The zero-order valence-corrected chi connectivity index (χ0v) is 15.0. The number of benzene rings is 2. The summed E-state index contributed by atoms with van der Waals surface area (Å²) in [6, 6.07) is 16.8. The minimum atomic E-state index is -0.455. The number of amides is 2. The van der Waals surface area contributed by atoms with Crippen molar-refractivity contribution in [2.24, 2.45) is 12.8 Å². The van der Waals surface area contributed by atoms with E-state index in [0.29, 0.717) is 11.3 Å². The normalized spacial score (nSPS) is 12.1. The summed E-state index contributed by atoms with van der Waals surface area (Å²) in [5, 5.41) is 4.16. The largest absolute Gasteiger partial charge is 0.366 e. The van der Waals surface area contributed by atoms with Crippen LogP contribution in [0.1, 0.15) is 52.2 Å². The number of carbonyl (C=O) groups excluding carboxylic acids is 2. The first-order valence-electron chi connectivity index (χ1n) is 8.76. The number of rotatable bonds is 6. The van der Waals surface area contributed by atoms with E-state index in [1.165, 1.54) is 0 Å². The van der Waals surface area contributed by atoms with Gasteiger partial charge >= 0.3 is 0 Å². The van der Waals surface area contributed by atoms with Crippen LogP contribution in [-0.4, -0.2) is 16.4 Å². The second-order valence-electron chi connectivity index (χ2n) is 6.45. The molecule has 134 valence electrons. The standard InChI is InChI=1S/C21H23N3O2/c1-3-6-17(14-9-11-15(12-10-14)20(22)25)23-21(26)19-13-16-7-4-5-8-18(16)24(19)2/h4-5,7-13,17H,3,6H2,1-2H3,(H2,22,25)(H,23,26)/t17-/m1/s1. The van der Waals surface area contributed by atoms with Gasteiger partial charge in [0.2, 0.25) is 5.91 Å². The Kier molecular flexibility index (Phi) is 5.07. The van der Waals surface area contributed by atoms with Gasteiger partial charge in [-0.25, -0.2) is 0 Å². The van der Waals surface area contributed by atoms with E-state index >= 15 is 0 Å². The summed E-state index contributed by atoms with van der Waals surface area (Å²) in [4.78, 5) is 24.1. The van der Waals surface area contributed by atoms with Crippen LogP contribution in [0.3, 0.4) is 0 Å². The molecule has 5 nitrogen and oxygen atoms in total. The van der Waals surface area contributed by atoms with Crippen molar-refractivity contribution in [2.45, 2.75) is 25.8 Å². The molecular weight excluding hydrogens is 326 g/mol. The van der Waals surface area contributed by atoms with Crippen molar-refractivity contribution >= 4 is 22.7 Å². The number of nitrogens with one attached hydrogen (secondary N) is 1. The maximum Gasteiger partial charge on any atom is 0.268 e. The first-order chi connectivity index (χ1) is 12.5. The first-order valence-corrected chi connectivity index (χ1v) is 8.76. The smallest absolute Gasteiger partial charge is 0.268 e. The molecule has 1 heterocycles. The molecule has 2 amide bonds. The van der Waals surface area contributed by atoms with Gasteiger partial charge in [0.15, 0.2) is 0 Å². The molecule has 0 spiro atoms. The Bertz CT molecular complexity index is 942. The molecule has 5 heteroatoms. The molecule has 0 saturated carbocycles. The predicted octanol–water partition coefficient (Wildman–Crippen LogP) is 3.55. The van der Waals surface area contributed by atoms with E-state index in [-0.39, 0.29) is 11.9 Å². The van der Waals surface area contributed by atoms with Gasteiger partial charge in [0.1, 0.15) is 5.69 Å². The zero-order chi connectivity index (χ0) is 18.7. The van der Waals surface area contributed by atoms with E-state index in [4.69, 9.17) is 5.73 Å². The van der Waals surface area contributed by atoms with Crippen LogP contribution >= 0.6 is 0 Å². The average Bonchev–Trinajstić information content (AvgIpc) is 2.98. The monoisotopic (exact) mass is 349 g/mol. The molecule has 0 unspecified atom stereocenters. The van der Waals surface area contributed by atoms with E-state index < -0.39 is 5.91 Å². The van der Waals surface area contributed by atoms with Crippen molar-refractivity contribution in [3.05, 3.63) is 71.4 Å². The number of fused-ring (bicyclic) bond motifs is 1. The van der Waals surface area contributed by atoms with Gasteiger partial charge < -0.3 is 15.6 Å². The number of aryl methyl sites for hydroxylation is 1. The lowest BCUT2D eigenvalue weighted by Crippen LogP contribution is -2.30. The maximum atomic E-state index is 12.9. The van der Waals surface area contributed by atoms with Crippen molar-refractivity contribution in [3.63, 3.8) is 0 Å². The second-order valence-corrected chi connectivity index (χ2v) is 6.45. The van der Waals surface area contributed by atoms with Crippen molar-refractivity contribution in [2.75, 3.05) is 0 Å². The molecule has 0 aliphatic rings. The first kappa shape index (κ1) is 17.7. The van der Waals surface area contributed by atoms with E-state index in [2.05, 4.69) is 12.2 Å². The Balaban J connectivity index is 1.85. The SMILES string of the molecule is CCC[C@@H](NC(=O)c1cc2ccccc2n1C)c1ccc(C(N)=O)cc1. The second kappa shape index (κ2) is 7.44. The van der Waals surface area contributed by atoms with Gasteiger partial charge in [0, 0.05) is 23.5 Å². The summed E-state index contributed by atoms with van der Waals surface area (Å²) in [7, 11) is 1.90. The van der Waals surface area contributed by atoms with Gasteiger partial charge in [-0.2, -0.15) is 0 Å². The van der Waals surface area contributed by atoms with E-state index in [0.717, 1.165) is 29.3 Å². The Labute approximate surface area is 152 Å². The van der Waals surface area contributed by atoms with E-state index in [1.54, 1.807) is 12.1 Å². The fourth-order valence-electron chi connectivity index (χ4n) is 3.23. The number of hydrogen-bond donors (Lipinski definition) is 2. The van der Waals surface area contributed by atoms with Crippen LogP contribution < -0.4 is 11.1 Å². The number of nitrogens with two attached hydrogens (primary N) is 1. The molecule has 0 radical (unpaired) electrons.